The molecule has 0 saturated carbocycles. The molecule has 0 spiro atoms. The van der Waals surface area contributed by atoms with Crippen LogP contribution in [0.1, 0.15) is 16.7 Å². The van der Waals surface area contributed by atoms with Crippen LogP contribution in [-0.2, 0) is 13.1 Å². The summed E-state index contributed by atoms with van der Waals surface area (Å²) in [5.74, 6) is 0. The maximum atomic E-state index is 9.53. The number of fused-ring (bicyclic) bond motifs is 3. The van der Waals surface area contributed by atoms with Gasteiger partial charge in [-0.05, 0) is 29.2 Å². The van der Waals surface area contributed by atoms with Gasteiger partial charge >= 0.3 is 7.12 Å². The lowest BCUT2D eigenvalue weighted by molar-refractivity contribution is -0.665. The van der Waals surface area contributed by atoms with Crippen LogP contribution in [0, 0.1) is 0 Å². The molecule has 35 heavy (non-hydrogen) atoms. The molecule has 0 amide bonds. The van der Waals surface area contributed by atoms with Crippen molar-refractivity contribution in [1.29, 1.82) is 0 Å². The molecule has 0 unspecified atom stereocenters. The van der Waals surface area contributed by atoms with Crippen molar-refractivity contribution in [2.75, 3.05) is 0 Å². The number of nitrogens with zero attached hydrogens (tertiary/aromatic N) is 2. The quantitative estimate of drug-likeness (QED) is 0.0868. The van der Waals surface area contributed by atoms with Gasteiger partial charge in [0, 0.05) is 34.7 Å². The van der Waals surface area contributed by atoms with Gasteiger partial charge in [-0.15, -0.1) is 0 Å². The first-order valence-corrected chi connectivity index (χ1v) is 11.0. The summed E-state index contributed by atoms with van der Waals surface area (Å²) in [4.78, 5) is 0. The van der Waals surface area contributed by atoms with Crippen LogP contribution in [0.25, 0.3) is 27.9 Å². The minimum Gasteiger partial charge on any atom is -1.00 e. The molecule has 0 saturated heterocycles. The van der Waals surface area contributed by atoms with Crippen molar-refractivity contribution in [3.05, 3.63) is 121 Å². The highest BCUT2D eigenvalue weighted by Crippen LogP contribution is 2.21. The summed E-state index contributed by atoms with van der Waals surface area (Å²) in [6.07, 6.45) is 6.06. The summed E-state index contributed by atoms with van der Waals surface area (Å²) in [6, 6.07) is 28.7. The number of pyridine rings is 2. The van der Waals surface area contributed by atoms with Crippen molar-refractivity contribution in [2.24, 2.45) is 0 Å². The van der Waals surface area contributed by atoms with Gasteiger partial charge in [0.05, 0.1) is 0 Å². The van der Waals surface area contributed by atoms with E-state index in [2.05, 4.69) is 88.8 Å². The van der Waals surface area contributed by atoms with E-state index in [0.29, 0.717) is 12.0 Å². The van der Waals surface area contributed by atoms with E-state index in [1.807, 2.05) is 24.3 Å². The molecular formula is C28H25BI2N2O2. The second-order valence-corrected chi connectivity index (χ2v) is 8.27. The average Bonchev–Trinajstić information content (AvgIpc) is 2.85. The maximum Gasteiger partial charge on any atom is 0.488 e. The van der Waals surface area contributed by atoms with Crippen LogP contribution < -0.4 is 62.6 Å². The highest BCUT2D eigenvalue weighted by atomic mass is 127. The predicted octanol–water partition coefficient (Wildman–Crippen LogP) is -3.00. The molecule has 2 N–H and O–H groups in total. The van der Waals surface area contributed by atoms with E-state index >= 15 is 0 Å². The summed E-state index contributed by atoms with van der Waals surface area (Å²) in [5.41, 5.74) is 6.18. The fourth-order valence-electron chi connectivity index (χ4n) is 4.41. The van der Waals surface area contributed by atoms with Crippen molar-refractivity contribution in [2.45, 2.75) is 13.1 Å². The number of rotatable bonds is 6. The Labute approximate surface area is 239 Å². The molecule has 2 aromatic heterocycles. The largest absolute Gasteiger partial charge is 1.00 e. The molecule has 5 aromatic rings. The third kappa shape index (κ3) is 5.91. The maximum absolute atomic E-state index is 9.53. The zero-order valence-electron chi connectivity index (χ0n) is 19.1. The van der Waals surface area contributed by atoms with Crippen molar-refractivity contribution < 1.29 is 67.1 Å². The van der Waals surface area contributed by atoms with Gasteiger partial charge in [-0.1, -0.05) is 61.2 Å². The summed E-state index contributed by atoms with van der Waals surface area (Å²) < 4.78 is 4.50. The monoisotopic (exact) mass is 686 g/mol. The third-order valence-electron chi connectivity index (χ3n) is 6.06. The second kappa shape index (κ2) is 12.1. The highest BCUT2D eigenvalue weighted by Gasteiger charge is 2.19. The van der Waals surface area contributed by atoms with Gasteiger partial charge in [-0.3, -0.25) is 0 Å². The van der Waals surface area contributed by atoms with E-state index in [1.165, 1.54) is 21.9 Å². The Bertz CT molecular complexity index is 1470. The van der Waals surface area contributed by atoms with Crippen LogP contribution in [-0.4, -0.2) is 17.2 Å². The molecule has 0 fully saturated rings. The molecule has 7 heteroatoms. The molecule has 2 heterocycles. The van der Waals surface area contributed by atoms with E-state index in [-0.39, 0.29) is 48.0 Å². The van der Waals surface area contributed by atoms with Crippen molar-refractivity contribution >= 4 is 40.5 Å². The molecule has 176 valence electrons. The average molecular weight is 686 g/mol. The van der Waals surface area contributed by atoms with Gasteiger partial charge in [0.1, 0.15) is 5.39 Å². The Morgan fingerprint density at radius 3 is 2.20 bits per heavy atom. The smallest absolute Gasteiger partial charge is 0.488 e. The number of benzene rings is 3. The van der Waals surface area contributed by atoms with Crippen molar-refractivity contribution in [3.8, 4) is 0 Å². The molecule has 0 aliphatic heterocycles. The summed E-state index contributed by atoms with van der Waals surface area (Å²) in [7, 11) is -1.47. The van der Waals surface area contributed by atoms with Crippen molar-refractivity contribution in [1.82, 2.24) is 0 Å². The van der Waals surface area contributed by atoms with Crippen LogP contribution in [0.2, 0.25) is 0 Å². The van der Waals surface area contributed by atoms with Gasteiger partial charge in [-0.2, -0.15) is 9.13 Å². The molecule has 0 radical (unpaired) electrons. The SMILES string of the molecule is C=Cc1ccc(C[n+]2cccc3ccc4c(ccc[n+]4Cc4cccc(B(O)O)c4)c32)cc1.[I-].[I-]. The van der Waals surface area contributed by atoms with E-state index in [1.54, 1.807) is 6.07 Å². The standard InChI is InChI=1S/C28H25BN2O2.2HI/c1-2-21-10-12-22(13-11-21)19-31-17-4-7-24-14-15-27-26(28(24)31)9-5-16-30(27)20-23-6-3-8-25(18-23)29(32)33;;/h2-18,32-33H,1,19-20H2;2*1H/q+2;;/p-2. The fourth-order valence-corrected chi connectivity index (χ4v) is 4.41. The molecule has 0 aliphatic rings. The molecular weight excluding hydrogens is 661 g/mol. The van der Waals surface area contributed by atoms with Gasteiger partial charge in [0.25, 0.3) is 0 Å². The van der Waals surface area contributed by atoms with E-state index in [4.69, 9.17) is 0 Å². The van der Waals surface area contributed by atoms with Gasteiger partial charge in [0.2, 0.25) is 11.0 Å². The first-order valence-electron chi connectivity index (χ1n) is 11.0. The van der Waals surface area contributed by atoms with E-state index < -0.39 is 7.12 Å². The van der Waals surface area contributed by atoms with Crippen LogP contribution in [0.4, 0.5) is 0 Å². The van der Waals surface area contributed by atoms with Crippen molar-refractivity contribution in [3.63, 3.8) is 0 Å². The molecule has 3 aromatic carbocycles. The lowest BCUT2D eigenvalue weighted by atomic mass is 9.79. The Balaban J connectivity index is 0.00000171. The summed E-state index contributed by atoms with van der Waals surface area (Å²) in [5, 5.41) is 21.4. The molecule has 0 bridgehead atoms. The topological polar surface area (TPSA) is 48.2 Å². The zero-order chi connectivity index (χ0) is 22.8. The number of hydrogen-bond acceptors (Lipinski definition) is 2. The van der Waals surface area contributed by atoms with Crippen LogP contribution in [0.5, 0.6) is 0 Å². The first-order chi connectivity index (χ1) is 16.1. The Kier molecular flexibility index (Phi) is 9.40. The van der Waals surface area contributed by atoms with Crippen LogP contribution in [0.15, 0.2) is 104 Å². The third-order valence-corrected chi connectivity index (χ3v) is 6.06. The fraction of sp³-hybridized carbons (Fsp3) is 0.0714. The van der Waals surface area contributed by atoms with E-state index in [9.17, 15) is 10.0 Å². The molecule has 0 atom stereocenters. The zero-order valence-corrected chi connectivity index (χ0v) is 23.4. The van der Waals surface area contributed by atoms with Gasteiger partial charge in [-0.25, -0.2) is 0 Å². The Morgan fingerprint density at radius 1 is 0.743 bits per heavy atom. The minimum atomic E-state index is -1.47. The molecule has 5 rings (SSSR count). The summed E-state index contributed by atoms with van der Waals surface area (Å²) >= 11 is 0. The summed E-state index contributed by atoms with van der Waals surface area (Å²) in [6.45, 7) is 5.25. The van der Waals surface area contributed by atoms with Crippen LogP contribution >= 0.6 is 0 Å². The predicted molar refractivity (Wildman–Crippen MR) is 133 cm³/mol. The Morgan fingerprint density at radius 2 is 1.46 bits per heavy atom. The number of hydrogen-bond donors (Lipinski definition) is 2. The normalized spacial score (nSPS) is 10.5. The van der Waals surface area contributed by atoms with Gasteiger partial charge < -0.3 is 58.0 Å². The number of halogens is 2. The van der Waals surface area contributed by atoms with Gasteiger partial charge in [0.15, 0.2) is 25.5 Å². The Hall–Kier alpha value is -2.34. The molecule has 0 aliphatic carbocycles. The van der Waals surface area contributed by atoms with E-state index in [0.717, 1.165) is 23.2 Å². The minimum absolute atomic E-state index is 0. The lowest BCUT2D eigenvalue weighted by Crippen LogP contribution is -3.00. The second-order valence-electron chi connectivity index (χ2n) is 8.27. The van der Waals surface area contributed by atoms with Crippen LogP contribution in [0.3, 0.4) is 0 Å². The highest BCUT2D eigenvalue weighted by molar-refractivity contribution is 6.58. The first kappa shape index (κ1) is 27.3. The molecule has 4 nitrogen and oxygen atoms in total. The number of aromatic nitrogens is 2. The lowest BCUT2D eigenvalue weighted by Gasteiger charge is -2.07.